The van der Waals surface area contributed by atoms with E-state index in [1.165, 1.54) is 38.6 Å². The number of aromatic nitrogens is 1. The molecule has 0 aliphatic rings. The molecule has 1 heterocycles. The van der Waals surface area contributed by atoms with E-state index in [4.69, 9.17) is 0 Å². The highest BCUT2D eigenvalue weighted by atomic mass is 79.9. The number of para-hydroxylation sites is 1. The molecule has 3 heteroatoms. The van der Waals surface area contributed by atoms with Gasteiger partial charge >= 0.3 is 0 Å². The third kappa shape index (κ3) is 2.91. The first kappa shape index (κ1) is 16.8. The SMILES string of the molecule is Brc1ccc(-c2ccc3c(c2)c2cc(Br)ccc2n3-c2ccccc2)cc1. The van der Waals surface area contributed by atoms with E-state index in [0.29, 0.717) is 0 Å². The van der Waals surface area contributed by atoms with Gasteiger partial charge in [-0.15, -0.1) is 0 Å². The molecule has 130 valence electrons. The first-order valence-corrected chi connectivity index (χ1v) is 10.3. The molecule has 0 radical (unpaired) electrons. The largest absolute Gasteiger partial charge is 0.309 e. The fraction of sp³-hybridized carbons (Fsp3) is 0. The number of nitrogens with zero attached hydrogens (tertiary/aromatic N) is 1. The lowest BCUT2D eigenvalue weighted by Crippen LogP contribution is -1.92. The van der Waals surface area contributed by atoms with E-state index in [2.05, 4.69) is 127 Å². The lowest BCUT2D eigenvalue weighted by atomic mass is 10.0. The van der Waals surface area contributed by atoms with E-state index < -0.39 is 0 Å². The first-order valence-electron chi connectivity index (χ1n) is 8.76. The molecule has 4 aromatic carbocycles. The Balaban J connectivity index is 1.84. The summed E-state index contributed by atoms with van der Waals surface area (Å²) in [6.45, 7) is 0. The van der Waals surface area contributed by atoms with Crippen LogP contribution in [0.25, 0.3) is 38.6 Å². The number of hydrogen-bond acceptors (Lipinski definition) is 0. The van der Waals surface area contributed by atoms with E-state index in [1.54, 1.807) is 0 Å². The Labute approximate surface area is 174 Å². The molecule has 0 bridgehead atoms. The number of fused-ring (bicyclic) bond motifs is 3. The zero-order valence-electron chi connectivity index (χ0n) is 14.4. The minimum atomic E-state index is 1.09. The van der Waals surface area contributed by atoms with Gasteiger partial charge in [-0.1, -0.05) is 68.3 Å². The highest BCUT2D eigenvalue weighted by Gasteiger charge is 2.13. The summed E-state index contributed by atoms with van der Waals surface area (Å²) in [6, 6.07) is 32.3. The van der Waals surface area contributed by atoms with Crippen molar-refractivity contribution in [3.63, 3.8) is 0 Å². The second kappa shape index (κ2) is 6.66. The summed E-state index contributed by atoms with van der Waals surface area (Å²) in [5.74, 6) is 0. The van der Waals surface area contributed by atoms with Gasteiger partial charge in [0.1, 0.15) is 0 Å². The molecular weight excluding hydrogens is 462 g/mol. The molecule has 1 aromatic heterocycles. The molecule has 0 saturated heterocycles. The Bertz CT molecular complexity index is 1270. The van der Waals surface area contributed by atoms with E-state index in [-0.39, 0.29) is 0 Å². The summed E-state index contributed by atoms with van der Waals surface area (Å²) in [5.41, 5.74) is 6.05. The van der Waals surface area contributed by atoms with Crippen molar-refractivity contribution in [2.24, 2.45) is 0 Å². The molecule has 5 rings (SSSR count). The van der Waals surface area contributed by atoms with Gasteiger partial charge in [-0.2, -0.15) is 0 Å². The highest BCUT2D eigenvalue weighted by molar-refractivity contribution is 9.10. The van der Waals surface area contributed by atoms with Gasteiger partial charge in [0.05, 0.1) is 11.0 Å². The van der Waals surface area contributed by atoms with Crippen LogP contribution < -0.4 is 0 Å². The van der Waals surface area contributed by atoms with Crippen LogP contribution in [0.1, 0.15) is 0 Å². The van der Waals surface area contributed by atoms with Gasteiger partial charge in [-0.05, 0) is 65.7 Å². The van der Waals surface area contributed by atoms with Crippen LogP contribution in [0, 0.1) is 0 Å². The van der Waals surface area contributed by atoms with Crippen LogP contribution in [0.15, 0.2) is 99.9 Å². The van der Waals surface area contributed by atoms with Crippen LogP contribution in [-0.4, -0.2) is 4.57 Å². The smallest absolute Gasteiger partial charge is 0.0541 e. The second-order valence-electron chi connectivity index (χ2n) is 6.57. The summed E-state index contributed by atoms with van der Waals surface area (Å²) in [6.07, 6.45) is 0. The monoisotopic (exact) mass is 475 g/mol. The maximum absolute atomic E-state index is 3.64. The van der Waals surface area contributed by atoms with Crippen LogP contribution in [-0.2, 0) is 0 Å². The fourth-order valence-electron chi connectivity index (χ4n) is 3.67. The Morgan fingerprint density at radius 2 is 1.11 bits per heavy atom. The normalized spacial score (nSPS) is 11.3. The maximum atomic E-state index is 3.64. The van der Waals surface area contributed by atoms with Gasteiger partial charge in [0.25, 0.3) is 0 Å². The molecule has 0 unspecified atom stereocenters. The Morgan fingerprint density at radius 1 is 0.519 bits per heavy atom. The van der Waals surface area contributed by atoms with Crippen molar-refractivity contribution >= 4 is 53.7 Å². The number of benzene rings is 4. The van der Waals surface area contributed by atoms with Crippen LogP contribution in [0.3, 0.4) is 0 Å². The molecule has 0 atom stereocenters. The predicted molar refractivity (Wildman–Crippen MR) is 122 cm³/mol. The van der Waals surface area contributed by atoms with E-state index >= 15 is 0 Å². The molecule has 0 aliphatic heterocycles. The van der Waals surface area contributed by atoms with Gasteiger partial charge in [0, 0.05) is 25.4 Å². The van der Waals surface area contributed by atoms with Crippen molar-refractivity contribution in [2.75, 3.05) is 0 Å². The summed E-state index contributed by atoms with van der Waals surface area (Å²) in [4.78, 5) is 0. The van der Waals surface area contributed by atoms with E-state index in [1.807, 2.05) is 0 Å². The van der Waals surface area contributed by atoms with Crippen LogP contribution in [0.5, 0.6) is 0 Å². The summed E-state index contributed by atoms with van der Waals surface area (Å²) >= 11 is 7.16. The van der Waals surface area contributed by atoms with E-state index in [9.17, 15) is 0 Å². The zero-order chi connectivity index (χ0) is 18.4. The van der Waals surface area contributed by atoms with Crippen molar-refractivity contribution in [3.8, 4) is 16.8 Å². The first-order chi connectivity index (χ1) is 13.2. The van der Waals surface area contributed by atoms with Gasteiger partial charge in [0.2, 0.25) is 0 Å². The quantitative estimate of drug-likeness (QED) is 0.243. The van der Waals surface area contributed by atoms with Crippen molar-refractivity contribution in [3.05, 3.63) is 99.9 Å². The molecule has 0 N–H and O–H groups in total. The lowest BCUT2D eigenvalue weighted by molar-refractivity contribution is 1.18. The van der Waals surface area contributed by atoms with Gasteiger partial charge in [0.15, 0.2) is 0 Å². The predicted octanol–water partition coefficient (Wildman–Crippen LogP) is 7.98. The van der Waals surface area contributed by atoms with Crippen LogP contribution in [0.2, 0.25) is 0 Å². The molecule has 5 aromatic rings. The van der Waals surface area contributed by atoms with Crippen LogP contribution in [0.4, 0.5) is 0 Å². The van der Waals surface area contributed by atoms with E-state index in [0.717, 1.165) is 8.95 Å². The van der Waals surface area contributed by atoms with Crippen molar-refractivity contribution in [1.82, 2.24) is 4.57 Å². The summed E-state index contributed by atoms with van der Waals surface area (Å²) in [5, 5.41) is 2.51. The molecule has 0 fully saturated rings. The highest BCUT2D eigenvalue weighted by Crippen LogP contribution is 2.36. The number of hydrogen-bond donors (Lipinski definition) is 0. The van der Waals surface area contributed by atoms with Gasteiger partial charge in [-0.25, -0.2) is 0 Å². The number of rotatable bonds is 2. The lowest BCUT2D eigenvalue weighted by Gasteiger charge is -2.08. The summed E-state index contributed by atoms with van der Waals surface area (Å²) in [7, 11) is 0. The Hall–Kier alpha value is -2.36. The number of halogens is 2. The standard InChI is InChI=1S/C24H15Br2N/c25-18-9-6-16(7-10-18)17-8-12-23-21(14-17)22-15-19(26)11-13-24(22)27(23)20-4-2-1-3-5-20/h1-15H. The molecule has 0 amide bonds. The van der Waals surface area contributed by atoms with Crippen molar-refractivity contribution in [2.45, 2.75) is 0 Å². The Morgan fingerprint density at radius 3 is 1.85 bits per heavy atom. The zero-order valence-corrected chi connectivity index (χ0v) is 17.5. The second-order valence-corrected chi connectivity index (χ2v) is 8.40. The molecule has 1 nitrogen and oxygen atoms in total. The third-order valence-corrected chi connectivity index (χ3v) is 5.94. The van der Waals surface area contributed by atoms with Crippen molar-refractivity contribution in [1.29, 1.82) is 0 Å². The average Bonchev–Trinajstić information content (AvgIpc) is 3.02. The van der Waals surface area contributed by atoms with Gasteiger partial charge < -0.3 is 4.57 Å². The minimum absolute atomic E-state index is 1.09. The molecule has 0 saturated carbocycles. The third-order valence-electron chi connectivity index (χ3n) is 4.92. The van der Waals surface area contributed by atoms with Crippen molar-refractivity contribution < 1.29 is 0 Å². The summed E-state index contributed by atoms with van der Waals surface area (Å²) < 4.78 is 4.52. The topological polar surface area (TPSA) is 4.93 Å². The molecule has 0 aliphatic carbocycles. The Kier molecular flexibility index (Phi) is 4.14. The van der Waals surface area contributed by atoms with Gasteiger partial charge in [-0.3, -0.25) is 0 Å². The van der Waals surface area contributed by atoms with Crippen LogP contribution >= 0.6 is 31.9 Å². The molecule has 27 heavy (non-hydrogen) atoms. The average molecular weight is 477 g/mol. The molecular formula is C24H15Br2N. The molecule has 0 spiro atoms. The fourth-order valence-corrected chi connectivity index (χ4v) is 4.30. The maximum Gasteiger partial charge on any atom is 0.0541 e. The minimum Gasteiger partial charge on any atom is -0.309 e.